The normalized spacial score (nSPS) is 11.1. The second-order valence-electron chi connectivity index (χ2n) is 6.42. The number of rotatable bonds is 12. The van der Waals surface area contributed by atoms with Gasteiger partial charge in [0.2, 0.25) is 11.3 Å². The molecule has 0 heterocycles. The molecule has 8 nitrogen and oxygen atoms in total. The summed E-state index contributed by atoms with van der Waals surface area (Å²) in [4.78, 5) is 38.5. The molecule has 1 rings (SSSR count). The van der Waals surface area contributed by atoms with Crippen LogP contribution in [-0.2, 0) is 41.6 Å². The molecule has 32 heavy (non-hydrogen) atoms. The van der Waals surface area contributed by atoms with Crippen LogP contribution in [0.2, 0.25) is 0 Å². The lowest BCUT2D eigenvalue weighted by atomic mass is 10.1. The van der Waals surface area contributed by atoms with Gasteiger partial charge in [-0.15, -0.1) is 0 Å². The number of benzene rings is 1. The minimum atomic E-state index is -0.702. The molecule has 0 N–H and O–H groups in total. The zero-order chi connectivity index (χ0) is 24.1. The molecule has 0 aromatic heterocycles. The predicted molar refractivity (Wildman–Crippen MR) is 125 cm³/mol. The second-order valence-corrected chi connectivity index (χ2v) is 7.57. The number of carbonyl (C=O) groups is 3. The molecule has 0 aliphatic heterocycles. The number of esters is 1. The Labute approximate surface area is 192 Å². The first-order valence-corrected chi connectivity index (χ1v) is 10.9. The molecule has 0 fully saturated rings. The van der Waals surface area contributed by atoms with E-state index in [1.807, 2.05) is 13.0 Å². The number of amides is 2. The highest BCUT2D eigenvalue weighted by Gasteiger charge is 2.23. The number of nitrogens with zero attached hydrogens (tertiary/aromatic N) is 1. The lowest BCUT2D eigenvalue weighted by Crippen LogP contribution is -2.38. The maximum atomic E-state index is 12.9. The van der Waals surface area contributed by atoms with Crippen LogP contribution in [0.25, 0.3) is 0 Å². The Bertz CT molecular complexity index is 892. The van der Waals surface area contributed by atoms with E-state index in [0.717, 1.165) is 16.2 Å². The maximum Gasteiger partial charge on any atom is 0.333 e. The third-order valence-corrected chi connectivity index (χ3v) is 5.08. The highest BCUT2D eigenvalue weighted by atomic mass is 32.1. The Morgan fingerprint density at radius 2 is 1.75 bits per heavy atom. The smallest absolute Gasteiger partial charge is 0.333 e. The molecule has 0 saturated heterocycles. The van der Waals surface area contributed by atoms with E-state index >= 15 is 0 Å². The van der Waals surface area contributed by atoms with Crippen LogP contribution in [0.3, 0.4) is 0 Å². The van der Waals surface area contributed by atoms with E-state index in [-0.39, 0.29) is 18.5 Å². The van der Waals surface area contributed by atoms with Gasteiger partial charge < -0.3 is 18.9 Å². The summed E-state index contributed by atoms with van der Waals surface area (Å²) in [7, 11) is 5.72. The van der Waals surface area contributed by atoms with Gasteiger partial charge in [0.05, 0.1) is 40.9 Å². The topological polar surface area (TPSA) is 91.4 Å². The highest BCUT2D eigenvalue weighted by Crippen LogP contribution is 2.27. The molecule has 1 aromatic rings. The van der Waals surface area contributed by atoms with E-state index in [9.17, 15) is 14.4 Å². The Hall–Kier alpha value is -3.20. The summed E-state index contributed by atoms with van der Waals surface area (Å²) in [5, 5.41) is 1.70. The van der Waals surface area contributed by atoms with Crippen molar-refractivity contribution in [1.82, 2.24) is 4.90 Å². The number of carbonyl (C=O) groups excluding carboxylic acids is 3. The van der Waals surface area contributed by atoms with Crippen molar-refractivity contribution in [3.8, 4) is 11.5 Å². The van der Waals surface area contributed by atoms with Gasteiger partial charge >= 0.3 is 5.97 Å². The molecule has 0 aliphatic carbocycles. The van der Waals surface area contributed by atoms with Gasteiger partial charge in [-0.1, -0.05) is 12.6 Å². The molecule has 0 saturated carbocycles. The van der Waals surface area contributed by atoms with Crippen LogP contribution >= 0.6 is 0 Å². The van der Waals surface area contributed by atoms with Crippen molar-refractivity contribution in [3.05, 3.63) is 47.7 Å². The fourth-order valence-electron chi connectivity index (χ4n) is 2.64. The van der Waals surface area contributed by atoms with E-state index < -0.39 is 17.8 Å². The molecule has 0 bridgehead atoms. The SMILES string of the molecule is C=C(CC(=O)N(CCc1ccc(OC)c(OC)c1)C(=O)/C=C(\C=[S+]CC)OC)C(=O)OC. The van der Waals surface area contributed by atoms with Crippen molar-refractivity contribution in [3.63, 3.8) is 0 Å². The number of ether oxygens (including phenoxy) is 4. The minimum Gasteiger partial charge on any atom is -0.493 e. The highest BCUT2D eigenvalue weighted by molar-refractivity contribution is 7.77. The van der Waals surface area contributed by atoms with E-state index in [1.165, 1.54) is 38.8 Å². The largest absolute Gasteiger partial charge is 0.493 e. The zero-order valence-electron chi connectivity index (χ0n) is 19.1. The maximum absolute atomic E-state index is 12.9. The number of allylic oxidation sites excluding steroid dienone is 1. The van der Waals surface area contributed by atoms with Crippen molar-refractivity contribution in [2.75, 3.05) is 40.7 Å². The van der Waals surface area contributed by atoms with Crippen LogP contribution in [0.5, 0.6) is 11.5 Å². The van der Waals surface area contributed by atoms with Gasteiger partial charge in [-0.3, -0.25) is 14.5 Å². The van der Waals surface area contributed by atoms with Crippen molar-refractivity contribution in [1.29, 1.82) is 0 Å². The number of hydrogen-bond donors (Lipinski definition) is 0. The van der Waals surface area contributed by atoms with Crippen LogP contribution < -0.4 is 9.47 Å². The summed E-state index contributed by atoms with van der Waals surface area (Å²) in [5.74, 6) is 0.422. The Kier molecular flexibility index (Phi) is 11.7. The van der Waals surface area contributed by atoms with Gasteiger partial charge in [0.1, 0.15) is 0 Å². The Morgan fingerprint density at radius 3 is 2.31 bits per heavy atom. The summed E-state index contributed by atoms with van der Waals surface area (Å²) in [5.41, 5.74) is 0.801. The van der Waals surface area contributed by atoms with Crippen LogP contribution in [-0.4, -0.2) is 68.8 Å². The molecule has 0 radical (unpaired) electrons. The third-order valence-electron chi connectivity index (χ3n) is 4.35. The molecule has 1 aromatic carbocycles. The second kappa shape index (κ2) is 14.0. The van der Waals surface area contributed by atoms with E-state index in [4.69, 9.17) is 14.2 Å². The standard InChI is InChI=1S/C23H30NO7S/c1-7-32-15-18(28-3)14-22(26)24(21(25)12-16(2)23(27)31-6)11-10-17-8-9-19(29-4)20(13-17)30-5/h8-9,13-15H,2,7,10-12H2,1,3-6H3/q+1/b18-14+. The van der Waals surface area contributed by atoms with Crippen molar-refractivity contribution in [2.24, 2.45) is 0 Å². The molecule has 174 valence electrons. The summed E-state index contributed by atoms with van der Waals surface area (Å²) >= 11 is 1.46. The molecular weight excluding hydrogens is 434 g/mol. The summed E-state index contributed by atoms with van der Waals surface area (Å²) in [6, 6.07) is 5.35. The molecule has 2 amide bonds. The van der Waals surface area contributed by atoms with E-state index in [0.29, 0.717) is 23.7 Å². The molecule has 0 unspecified atom stereocenters. The zero-order valence-corrected chi connectivity index (χ0v) is 20.0. The van der Waals surface area contributed by atoms with Crippen molar-refractivity contribution >= 4 is 34.5 Å². The van der Waals surface area contributed by atoms with Crippen LogP contribution in [0.15, 0.2) is 42.2 Å². The summed E-state index contributed by atoms with van der Waals surface area (Å²) < 4.78 is 20.3. The number of methoxy groups -OCH3 is 4. The Balaban J connectivity index is 3.13. The third kappa shape index (κ3) is 8.14. The van der Waals surface area contributed by atoms with Gasteiger partial charge in [0.15, 0.2) is 34.4 Å². The molecular formula is C23H30NO7S+. The minimum absolute atomic E-state index is 0.0366. The fraction of sp³-hybridized carbons (Fsp3) is 0.391. The lowest BCUT2D eigenvalue weighted by molar-refractivity contribution is -0.143. The van der Waals surface area contributed by atoms with E-state index in [2.05, 4.69) is 11.3 Å². The fourth-order valence-corrected chi connectivity index (χ4v) is 3.13. The van der Waals surface area contributed by atoms with Gasteiger partial charge in [0.25, 0.3) is 5.91 Å². The van der Waals surface area contributed by atoms with Gasteiger partial charge in [0, 0.05) is 12.1 Å². The number of hydrogen-bond acceptors (Lipinski definition) is 7. The predicted octanol–water partition coefficient (Wildman–Crippen LogP) is 2.16. The van der Waals surface area contributed by atoms with E-state index in [1.54, 1.807) is 24.6 Å². The Morgan fingerprint density at radius 1 is 1.06 bits per heavy atom. The first-order chi connectivity index (χ1) is 15.3. The van der Waals surface area contributed by atoms with Crippen molar-refractivity contribution in [2.45, 2.75) is 19.8 Å². The van der Waals surface area contributed by atoms with Crippen molar-refractivity contribution < 1.29 is 33.3 Å². The van der Waals surface area contributed by atoms with Crippen LogP contribution in [0.1, 0.15) is 18.9 Å². The van der Waals surface area contributed by atoms with Gasteiger partial charge in [-0.2, -0.15) is 0 Å². The quantitative estimate of drug-likeness (QED) is 0.154. The average molecular weight is 465 g/mol. The monoisotopic (exact) mass is 464 g/mol. The molecule has 0 aliphatic rings. The van der Waals surface area contributed by atoms with Gasteiger partial charge in [-0.05, 0) is 31.0 Å². The van der Waals surface area contributed by atoms with Crippen LogP contribution in [0, 0.1) is 0 Å². The van der Waals surface area contributed by atoms with Gasteiger partial charge in [-0.25, -0.2) is 4.79 Å². The molecule has 0 atom stereocenters. The molecule has 9 heteroatoms. The summed E-state index contributed by atoms with van der Waals surface area (Å²) in [6.07, 6.45) is 1.27. The van der Waals surface area contributed by atoms with Crippen LogP contribution in [0.4, 0.5) is 0 Å². The average Bonchev–Trinajstić information content (AvgIpc) is 2.80. The lowest BCUT2D eigenvalue weighted by Gasteiger charge is -2.20. The summed E-state index contributed by atoms with van der Waals surface area (Å²) in [6.45, 7) is 5.62. The number of imide groups is 1. The molecule has 0 spiro atoms. The first-order valence-electron chi connectivity index (χ1n) is 9.83. The first kappa shape index (κ1) is 26.8.